The summed E-state index contributed by atoms with van der Waals surface area (Å²) in [5.41, 5.74) is 0.560. The molecular weight excluding hydrogens is 246 g/mol. The van der Waals surface area contributed by atoms with E-state index in [1.807, 2.05) is 13.8 Å². The quantitative estimate of drug-likeness (QED) is 0.664. The predicted octanol–water partition coefficient (Wildman–Crippen LogP) is 2.19. The Balaban J connectivity index is 2.76. The molecule has 18 heavy (non-hydrogen) atoms. The molecule has 3 nitrogen and oxygen atoms in total. The van der Waals surface area contributed by atoms with Crippen molar-refractivity contribution in [2.45, 2.75) is 36.7 Å². The zero-order chi connectivity index (χ0) is 13.6. The molecule has 0 fully saturated rings. The third-order valence-corrected chi connectivity index (χ3v) is 4.16. The second-order valence-electron chi connectivity index (χ2n) is 4.59. The van der Waals surface area contributed by atoms with Crippen molar-refractivity contribution in [1.82, 2.24) is 5.32 Å². The van der Waals surface area contributed by atoms with Crippen molar-refractivity contribution in [2.24, 2.45) is 0 Å². The molecule has 102 valence electrons. The minimum atomic E-state index is -0.600. The van der Waals surface area contributed by atoms with Crippen molar-refractivity contribution >= 4 is 11.8 Å². The zero-order valence-electron chi connectivity index (χ0n) is 11.3. The second-order valence-corrected chi connectivity index (χ2v) is 5.47. The van der Waals surface area contributed by atoms with Gasteiger partial charge in [0.15, 0.2) is 0 Å². The smallest absolute Gasteiger partial charge is 0.0650 e. The lowest BCUT2D eigenvalue weighted by Crippen LogP contribution is -2.52. The zero-order valence-corrected chi connectivity index (χ0v) is 12.1. The van der Waals surface area contributed by atoms with Crippen LogP contribution in [0.1, 0.15) is 31.9 Å². The van der Waals surface area contributed by atoms with E-state index in [0.717, 1.165) is 5.56 Å². The maximum Gasteiger partial charge on any atom is 0.0650 e. The van der Waals surface area contributed by atoms with Gasteiger partial charge in [0.25, 0.3) is 0 Å². The van der Waals surface area contributed by atoms with E-state index in [2.05, 4.69) is 35.8 Å². The molecule has 0 bridgehead atoms. The Morgan fingerprint density at radius 2 is 1.78 bits per heavy atom. The Kier molecular flexibility index (Phi) is 6.15. The van der Waals surface area contributed by atoms with E-state index in [1.165, 1.54) is 4.90 Å². The third-order valence-electron chi connectivity index (χ3n) is 3.42. The Morgan fingerprint density at radius 1 is 1.22 bits per heavy atom. The van der Waals surface area contributed by atoms with Crippen molar-refractivity contribution < 1.29 is 10.2 Å². The number of rotatable bonds is 7. The average molecular weight is 269 g/mol. The molecule has 0 aliphatic heterocycles. The highest BCUT2D eigenvalue weighted by Gasteiger charge is 2.28. The topological polar surface area (TPSA) is 52.5 Å². The fourth-order valence-electron chi connectivity index (χ4n) is 1.90. The summed E-state index contributed by atoms with van der Waals surface area (Å²) in [6.07, 6.45) is 2.74. The highest BCUT2D eigenvalue weighted by molar-refractivity contribution is 7.98. The largest absolute Gasteiger partial charge is 0.394 e. The van der Waals surface area contributed by atoms with E-state index < -0.39 is 5.54 Å². The standard InChI is InChI=1S/C14H23NO2S/c1-4-14(9-16,10-17)15-11(2)12-5-7-13(18-3)8-6-12/h5-8,11,15-17H,4,9-10H2,1-3H3. The van der Waals surface area contributed by atoms with E-state index in [4.69, 9.17) is 0 Å². The molecule has 1 aromatic rings. The van der Waals surface area contributed by atoms with Crippen LogP contribution in [0.2, 0.25) is 0 Å². The summed E-state index contributed by atoms with van der Waals surface area (Å²) in [5.74, 6) is 0. The Labute approximate surface area is 114 Å². The summed E-state index contributed by atoms with van der Waals surface area (Å²) in [6, 6.07) is 8.44. The Bertz CT molecular complexity index is 341. The van der Waals surface area contributed by atoms with E-state index >= 15 is 0 Å². The fraction of sp³-hybridized carbons (Fsp3) is 0.571. The predicted molar refractivity (Wildman–Crippen MR) is 77.0 cm³/mol. The van der Waals surface area contributed by atoms with Crippen LogP contribution in [0.25, 0.3) is 0 Å². The molecule has 0 spiro atoms. The van der Waals surface area contributed by atoms with Crippen molar-refractivity contribution in [3.63, 3.8) is 0 Å². The molecule has 1 atom stereocenters. The van der Waals surface area contributed by atoms with Gasteiger partial charge in [-0.3, -0.25) is 0 Å². The van der Waals surface area contributed by atoms with Gasteiger partial charge in [0, 0.05) is 10.9 Å². The van der Waals surface area contributed by atoms with E-state index in [1.54, 1.807) is 11.8 Å². The molecule has 3 N–H and O–H groups in total. The Morgan fingerprint density at radius 3 is 2.17 bits per heavy atom. The summed E-state index contributed by atoms with van der Waals surface area (Å²) < 4.78 is 0. The van der Waals surface area contributed by atoms with E-state index in [9.17, 15) is 10.2 Å². The van der Waals surface area contributed by atoms with Crippen molar-refractivity contribution in [2.75, 3.05) is 19.5 Å². The summed E-state index contributed by atoms with van der Waals surface area (Å²) >= 11 is 1.72. The van der Waals surface area contributed by atoms with Gasteiger partial charge in [-0.2, -0.15) is 0 Å². The molecule has 1 unspecified atom stereocenters. The first-order valence-corrected chi connectivity index (χ1v) is 7.46. The molecule has 0 saturated carbocycles. The second kappa shape index (κ2) is 7.14. The molecule has 4 heteroatoms. The summed E-state index contributed by atoms with van der Waals surface area (Å²) in [6.45, 7) is 3.88. The molecular formula is C14H23NO2S. The molecule has 0 aromatic heterocycles. The van der Waals surface area contributed by atoms with Crippen LogP contribution in [-0.2, 0) is 0 Å². The number of hydrogen-bond donors (Lipinski definition) is 3. The van der Waals surface area contributed by atoms with Gasteiger partial charge in [-0.25, -0.2) is 0 Å². The van der Waals surface area contributed by atoms with Gasteiger partial charge in [0.1, 0.15) is 0 Å². The fourth-order valence-corrected chi connectivity index (χ4v) is 2.31. The van der Waals surface area contributed by atoms with Crippen LogP contribution in [0.4, 0.5) is 0 Å². The van der Waals surface area contributed by atoms with Gasteiger partial charge in [-0.1, -0.05) is 19.1 Å². The van der Waals surface area contributed by atoms with Crippen LogP contribution in [0.3, 0.4) is 0 Å². The van der Waals surface area contributed by atoms with Gasteiger partial charge >= 0.3 is 0 Å². The molecule has 0 amide bonds. The SMILES string of the molecule is CCC(CO)(CO)NC(C)c1ccc(SC)cc1. The maximum atomic E-state index is 9.43. The molecule has 0 saturated heterocycles. The highest BCUT2D eigenvalue weighted by Crippen LogP contribution is 2.21. The van der Waals surface area contributed by atoms with Crippen LogP contribution in [0, 0.1) is 0 Å². The summed E-state index contributed by atoms with van der Waals surface area (Å²) in [4.78, 5) is 1.23. The molecule has 1 rings (SSSR count). The molecule has 0 radical (unpaired) electrons. The van der Waals surface area contributed by atoms with Crippen LogP contribution in [0.5, 0.6) is 0 Å². The number of aliphatic hydroxyl groups is 2. The molecule has 1 aromatic carbocycles. The third kappa shape index (κ3) is 3.72. The monoisotopic (exact) mass is 269 g/mol. The summed E-state index contributed by atoms with van der Waals surface area (Å²) in [5, 5.41) is 22.2. The number of benzene rings is 1. The number of hydrogen-bond acceptors (Lipinski definition) is 4. The minimum Gasteiger partial charge on any atom is -0.394 e. The van der Waals surface area contributed by atoms with Crippen LogP contribution >= 0.6 is 11.8 Å². The molecule has 0 heterocycles. The maximum absolute atomic E-state index is 9.43. The first kappa shape index (κ1) is 15.5. The van der Waals surface area contributed by atoms with E-state index in [0.29, 0.717) is 6.42 Å². The van der Waals surface area contributed by atoms with Crippen molar-refractivity contribution in [3.05, 3.63) is 29.8 Å². The number of nitrogens with one attached hydrogen (secondary N) is 1. The molecule has 0 aliphatic carbocycles. The highest BCUT2D eigenvalue weighted by atomic mass is 32.2. The average Bonchev–Trinajstić information content (AvgIpc) is 2.45. The van der Waals surface area contributed by atoms with Gasteiger partial charge in [0.2, 0.25) is 0 Å². The Hall–Kier alpha value is -0.550. The van der Waals surface area contributed by atoms with Gasteiger partial charge in [-0.05, 0) is 37.3 Å². The lowest BCUT2D eigenvalue weighted by molar-refractivity contribution is 0.0793. The lowest BCUT2D eigenvalue weighted by Gasteiger charge is -2.33. The lowest BCUT2D eigenvalue weighted by atomic mass is 9.95. The first-order chi connectivity index (χ1) is 8.60. The van der Waals surface area contributed by atoms with Crippen LogP contribution in [-0.4, -0.2) is 35.2 Å². The van der Waals surface area contributed by atoms with Crippen molar-refractivity contribution in [3.8, 4) is 0 Å². The number of aliphatic hydroxyl groups excluding tert-OH is 2. The van der Waals surface area contributed by atoms with Crippen molar-refractivity contribution in [1.29, 1.82) is 0 Å². The normalized spacial score (nSPS) is 13.6. The molecule has 0 aliphatic rings. The summed E-state index contributed by atoms with van der Waals surface area (Å²) in [7, 11) is 0. The minimum absolute atomic E-state index is 0.0623. The van der Waals surface area contributed by atoms with E-state index in [-0.39, 0.29) is 19.3 Å². The number of thioether (sulfide) groups is 1. The van der Waals surface area contributed by atoms with Crippen LogP contribution in [0.15, 0.2) is 29.2 Å². The van der Waals surface area contributed by atoms with Crippen LogP contribution < -0.4 is 5.32 Å². The van der Waals surface area contributed by atoms with Gasteiger partial charge in [0.05, 0.1) is 18.8 Å². The van der Waals surface area contributed by atoms with Gasteiger partial charge in [-0.15, -0.1) is 11.8 Å². The first-order valence-electron chi connectivity index (χ1n) is 6.24. The van der Waals surface area contributed by atoms with Gasteiger partial charge < -0.3 is 15.5 Å².